The Bertz CT molecular complexity index is 455. The predicted molar refractivity (Wildman–Crippen MR) is 139 cm³/mol. The number of hydrogen-bond donors (Lipinski definition) is 4. The molecule has 3 unspecified atom stereocenters. The van der Waals surface area contributed by atoms with Crippen molar-refractivity contribution in [1.82, 2.24) is 5.32 Å². The number of aliphatic hydroxyl groups excluding tert-OH is 3. The average Bonchev–Trinajstić information content (AvgIpc) is 2.80. The molecule has 0 aliphatic heterocycles. The molecule has 1 amide bonds. The summed E-state index contributed by atoms with van der Waals surface area (Å²) in [5.41, 5.74) is 0. The van der Waals surface area contributed by atoms with Crippen LogP contribution in [0.2, 0.25) is 0 Å². The number of amides is 1. The van der Waals surface area contributed by atoms with Crippen LogP contribution in [-0.2, 0) is 4.79 Å². The third-order valence-corrected chi connectivity index (χ3v) is 6.33. The maximum atomic E-state index is 12.2. The maximum Gasteiger partial charge on any atom is 0.222 e. The van der Waals surface area contributed by atoms with Crippen LogP contribution in [-0.4, -0.2) is 46.1 Å². The van der Waals surface area contributed by atoms with Gasteiger partial charge in [-0.15, -0.1) is 0 Å². The molecule has 0 radical (unpaired) electrons. The second-order valence-corrected chi connectivity index (χ2v) is 9.65. The molecule has 33 heavy (non-hydrogen) atoms. The number of carbonyl (C=O) groups excluding carboxylic acids is 1. The maximum absolute atomic E-state index is 12.2. The number of unbranched alkanes of at least 4 members (excludes halogenated alkanes) is 13. The van der Waals surface area contributed by atoms with Gasteiger partial charge in [-0.2, -0.15) is 0 Å². The molecule has 3 atom stereocenters. The molecule has 0 saturated heterocycles. The van der Waals surface area contributed by atoms with E-state index in [1.165, 1.54) is 64.2 Å². The van der Waals surface area contributed by atoms with E-state index in [0.29, 0.717) is 12.8 Å². The Morgan fingerprint density at radius 2 is 1.24 bits per heavy atom. The van der Waals surface area contributed by atoms with Gasteiger partial charge in [-0.1, -0.05) is 109 Å². The monoisotopic (exact) mass is 469 g/mol. The molecule has 0 heterocycles. The summed E-state index contributed by atoms with van der Waals surface area (Å²) < 4.78 is 0. The van der Waals surface area contributed by atoms with Crippen LogP contribution in [0, 0.1) is 0 Å². The first-order valence-electron chi connectivity index (χ1n) is 14.0. The van der Waals surface area contributed by atoms with Crippen molar-refractivity contribution in [3.05, 3.63) is 12.2 Å². The van der Waals surface area contributed by atoms with Crippen LogP contribution >= 0.6 is 0 Å². The van der Waals surface area contributed by atoms with Gasteiger partial charge in [-0.25, -0.2) is 0 Å². The minimum Gasteiger partial charge on any atom is -0.394 e. The molecule has 5 nitrogen and oxygen atoms in total. The summed E-state index contributed by atoms with van der Waals surface area (Å²) in [6.45, 7) is 4.14. The Morgan fingerprint density at radius 1 is 0.727 bits per heavy atom. The number of hydrogen-bond acceptors (Lipinski definition) is 4. The van der Waals surface area contributed by atoms with Gasteiger partial charge in [-0.05, 0) is 32.1 Å². The molecular formula is C28H55NO4. The van der Waals surface area contributed by atoms with Crippen LogP contribution in [0.4, 0.5) is 0 Å². The summed E-state index contributed by atoms with van der Waals surface area (Å²) in [6.07, 6.45) is 23.0. The molecule has 0 bridgehead atoms. The molecule has 0 rings (SSSR count). The molecule has 0 aliphatic carbocycles. The van der Waals surface area contributed by atoms with E-state index < -0.39 is 18.2 Å². The molecule has 0 fully saturated rings. The zero-order valence-corrected chi connectivity index (χ0v) is 21.8. The average molecular weight is 470 g/mol. The van der Waals surface area contributed by atoms with Gasteiger partial charge in [0.2, 0.25) is 5.91 Å². The van der Waals surface area contributed by atoms with Crippen molar-refractivity contribution >= 4 is 5.91 Å². The highest BCUT2D eigenvalue weighted by atomic mass is 16.3. The summed E-state index contributed by atoms with van der Waals surface area (Å²) >= 11 is 0. The van der Waals surface area contributed by atoms with E-state index in [1.54, 1.807) is 0 Å². The molecule has 4 N–H and O–H groups in total. The van der Waals surface area contributed by atoms with Crippen LogP contribution in [0.15, 0.2) is 12.2 Å². The van der Waals surface area contributed by atoms with Crippen molar-refractivity contribution in [2.45, 2.75) is 154 Å². The first-order valence-corrected chi connectivity index (χ1v) is 14.0. The molecular weight excluding hydrogens is 414 g/mol. The Balaban J connectivity index is 3.82. The lowest BCUT2D eigenvalue weighted by Gasteiger charge is -2.23. The number of aliphatic hydroxyl groups is 3. The molecule has 0 saturated carbocycles. The van der Waals surface area contributed by atoms with Gasteiger partial charge in [0.25, 0.3) is 0 Å². The molecule has 5 heteroatoms. The van der Waals surface area contributed by atoms with E-state index in [4.69, 9.17) is 0 Å². The van der Waals surface area contributed by atoms with Crippen molar-refractivity contribution in [3.63, 3.8) is 0 Å². The van der Waals surface area contributed by atoms with E-state index in [0.717, 1.165) is 38.5 Å². The normalized spacial score (nSPS) is 14.5. The van der Waals surface area contributed by atoms with Crippen molar-refractivity contribution in [3.8, 4) is 0 Å². The number of allylic oxidation sites excluding steroid dienone is 2. The number of carbonyl (C=O) groups is 1. The second-order valence-electron chi connectivity index (χ2n) is 9.65. The van der Waals surface area contributed by atoms with Crippen LogP contribution in [0.5, 0.6) is 0 Å². The molecule has 0 aliphatic rings. The van der Waals surface area contributed by atoms with Gasteiger partial charge in [0, 0.05) is 0 Å². The predicted octanol–water partition coefficient (Wildman–Crippen LogP) is 6.19. The van der Waals surface area contributed by atoms with Crippen LogP contribution in [0.25, 0.3) is 0 Å². The number of nitrogens with one attached hydrogen (secondary N) is 1. The van der Waals surface area contributed by atoms with Gasteiger partial charge in [-0.3, -0.25) is 4.79 Å². The summed E-state index contributed by atoms with van der Waals surface area (Å²) in [7, 11) is 0. The lowest BCUT2D eigenvalue weighted by molar-refractivity contribution is -0.125. The van der Waals surface area contributed by atoms with Gasteiger partial charge in [0.05, 0.1) is 31.3 Å². The first kappa shape index (κ1) is 32.1. The smallest absolute Gasteiger partial charge is 0.222 e. The Morgan fingerprint density at radius 3 is 1.82 bits per heavy atom. The highest BCUT2D eigenvalue weighted by Gasteiger charge is 2.21. The lowest BCUT2D eigenvalue weighted by Crippen LogP contribution is -2.46. The SMILES string of the molecule is CCCC/C=C\CCCCC(O)CC(=O)NC(CO)C(O)CCCCCCCCCCCC. The van der Waals surface area contributed by atoms with Crippen molar-refractivity contribution < 1.29 is 20.1 Å². The van der Waals surface area contributed by atoms with E-state index in [9.17, 15) is 20.1 Å². The summed E-state index contributed by atoms with van der Waals surface area (Å²) in [5.74, 6) is -0.303. The van der Waals surface area contributed by atoms with Crippen LogP contribution in [0.1, 0.15) is 136 Å². The highest BCUT2D eigenvalue weighted by Crippen LogP contribution is 2.13. The topological polar surface area (TPSA) is 89.8 Å². The Hall–Kier alpha value is -0.910. The zero-order valence-electron chi connectivity index (χ0n) is 21.8. The summed E-state index contributed by atoms with van der Waals surface area (Å²) in [5, 5.41) is 32.7. The summed E-state index contributed by atoms with van der Waals surface area (Å²) in [6, 6.07) is -0.656. The van der Waals surface area contributed by atoms with E-state index in [-0.39, 0.29) is 18.9 Å². The third kappa shape index (κ3) is 21.4. The fraction of sp³-hybridized carbons (Fsp3) is 0.893. The first-order chi connectivity index (χ1) is 16.0. The number of rotatable bonds is 24. The van der Waals surface area contributed by atoms with Gasteiger partial charge < -0.3 is 20.6 Å². The minimum absolute atomic E-state index is 0.0216. The van der Waals surface area contributed by atoms with Crippen molar-refractivity contribution in [2.75, 3.05) is 6.61 Å². The van der Waals surface area contributed by atoms with Crippen molar-refractivity contribution in [1.29, 1.82) is 0 Å². The fourth-order valence-electron chi connectivity index (χ4n) is 4.09. The highest BCUT2D eigenvalue weighted by molar-refractivity contribution is 5.76. The van der Waals surface area contributed by atoms with Crippen LogP contribution in [0.3, 0.4) is 0 Å². The lowest BCUT2D eigenvalue weighted by atomic mass is 10.0. The van der Waals surface area contributed by atoms with Crippen LogP contribution < -0.4 is 5.32 Å². The summed E-state index contributed by atoms with van der Waals surface area (Å²) in [4.78, 5) is 12.2. The fourth-order valence-corrected chi connectivity index (χ4v) is 4.09. The standard InChI is InChI=1S/C28H55NO4/c1-3-5-7-9-11-13-14-16-18-20-22-27(32)26(24-30)29-28(33)23-25(31)21-19-17-15-12-10-8-6-4-2/h10,12,25-27,30-32H,3-9,11,13-24H2,1-2H3,(H,29,33)/b12-10-. The van der Waals surface area contributed by atoms with Gasteiger partial charge >= 0.3 is 0 Å². The van der Waals surface area contributed by atoms with E-state index in [1.807, 2.05) is 0 Å². The second kappa shape index (κ2) is 24.2. The van der Waals surface area contributed by atoms with Gasteiger partial charge in [0.15, 0.2) is 0 Å². The van der Waals surface area contributed by atoms with E-state index >= 15 is 0 Å². The molecule has 0 aromatic rings. The molecule has 0 aromatic carbocycles. The molecule has 0 spiro atoms. The van der Waals surface area contributed by atoms with Gasteiger partial charge in [0.1, 0.15) is 0 Å². The van der Waals surface area contributed by atoms with E-state index in [2.05, 4.69) is 31.3 Å². The Labute approximate surface area is 204 Å². The molecule has 0 aromatic heterocycles. The minimum atomic E-state index is -0.746. The molecule has 196 valence electrons. The van der Waals surface area contributed by atoms with Crippen molar-refractivity contribution in [2.24, 2.45) is 0 Å². The largest absolute Gasteiger partial charge is 0.394 e. The third-order valence-electron chi connectivity index (χ3n) is 6.33. The zero-order chi connectivity index (χ0) is 24.6. The Kier molecular flexibility index (Phi) is 23.6. The quantitative estimate of drug-likeness (QED) is 0.100.